The first-order chi connectivity index (χ1) is 16.0. The van der Waals surface area contributed by atoms with Crippen molar-refractivity contribution < 1.29 is 14.4 Å². The number of hydrogen-bond acceptors (Lipinski definition) is 3. The number of allylic oxidation sites excluding steroid dienone is 2. The first kappa shape index (κ1) is 20.4. The molecule has 3 amide bonds. The lowest BCUT2D eigenvalue weighted by molar-refractivity contribution is -0.146. The Labute approximate surface area is 193 Å². The molecule has 1 aliphatic heterocycles. The molecule has 33 heavy (non-hydrogen) atoms. The number of nitrogens with zero attached hydrogens (tertiary/aromatic N) is 1. The second kappa shape index (κ2) is 7.41. The first-order valence-electron chi connectivity index (χ1n) is 11.9. The minimum absolute atomic E-state index is 0.144. The van der Waals surface area contributed by atoms with Crippen LogP contribution in [-0.4, -0.2) is 28.7 Å². The van der Waals surface area contributed by atoms with Crippen LogP contribution in [0.25, 0.3) is 0 Å². The van der Waals surface area contributed by atoms with Gasteiger partial charge < -0.3 is 5.32 Å². The second-order valence-corrected chi connectivity index (χ2v) is 10.1. The molecule has 5 heteroatoms. The number of amides is 3. The van der Waals surface area contributed by atoms with Crippen molar-refractivity contribution in [3.63, 3.8) is 0 Å². The van der Waals surface area contributed by atoms with Crippen molar-refractivity contribution in [3.05, 3.63) is 77.4 Å². The fraction of sp³-hybridized carbons (Fsp3) is 0.393. The van der Waals surface area contributed by atoms with E-state index in [0.717, 1.165) is 28.8 Å². The molecule has 2 aromatic rings. The van der Waals surface area contributed by atoms with Crippen LogP contribution in [0.3, 0.4) is 0 Å². The summed E-state index contributed by atoms with van der Waals surface area (Å²) in [6.45, 7) is 3.96. The lowest BCUT2D eigenvalue weighted by Crippen LogP contribution is -2.49. The summed E-state index contributed by atoms with van der Waals surface area (Å²) in [5, 5.41) is 3.03. The van der Waals surface area contributed by atoms with E-state index >= 15 is 0 Å². The highest BCUT2D eigenvalue weighted by Gasteiger charge is 2.67. The van der Waals surface area contributed by atoms with Crippen LogP contribution in [0, 0.1) is 49.4 Å². The van der Waals surface area contributed by atoms with E-state index in [1.807, 2.05) is 62.4 Å². The largest absolute Gasteiger partial charge is 0.324 e. The van der Waals surface area contributed by atoms with Crippen molar-refractivity contribution in [2.24, 2.45) is 35.5 Å². The summed E-state index contributed by atoms with van der Waals surface area (Å²) in [6, 6.07) is 14.5. The molecule has 3 fully saturated rings. The molecule has 5 nitrogen and oxygen atoms in total. The summed E-state index contributed by atoms with van der Waals surface area (Å²) in [5.41, 5.74) is 3.71. The van der Waals surface area contributed by atoms with Crippen LogP contribution in [0.1, 0.15) is 23.1 Å². The minimum atomic E-state index is -0.867. The van der Waals surface area contributed by atoms with Gasteiger partial charge in [0.2, 0.25) is 17.7 Å². The van der Waals surface area contributed by atoms with Crippen LogP contribution in [0.2, 0.25) is 0 Å². The fourth-order valence-corrected chi connectivity index (χ4v) is 6.53. The van der Waals surface area contributed by atoms with Crippen LogP contribution < -0.4 is 5.32 Å². The predicted molar refractivity (Wildman–Crippen MR) is 125 cm³/mol. The van der Waals surface area contributed by atoms with Gasteiger partial charge in [0.1, 0.15) is 6.04 Å². The average Bonchev–Trinajstić information content (AvgIpc) is 3.60. The quantitative estimate of drug-likeness (QED) is 0.566. The molecule has 168 valence electrons. The van der Waals surface area contributed by atoms with Crippen LogP contribution in [0.5, 0.6) is 0 Å². The zero-order valence-corrected chi connectivity index (χ0v) is 18.9. The highest BCUT2D eigenvalue weighted by molar-refractivity contribution is 6.11. The third-order valence-corrected chi connectivity index (χ3v) is 8.45. The van der Waals surface area contributed by atoms with Crippen molar-refractivity contribution in [1.29, 1.82) is 0 Å². The van der Waals surface area contributed by atoms with Crippen LogP contribution in [0.15, 0.2) is 60.7 Å². The van der Waals surface area contributed by atoms with Gasteiger partial charge in [-0.05, 0) is 66.7 Å². The number of rotatable bonds is 5. The smallest absolute Gasteiger partial charge is 0.248 e. The van der Waals surface area contributed by atoms with Gasteiger partial charge in [-0.1, -0.05) is 54.6 Å². The Kier molecular flexibility index (Phi) is 4.58. The Hall–Kier alpha value is -3.21. The maximum absolute atomic E-state index is 13.7. The Balaban J connectivity index is 1.34. The summed E-state index contributed by atoms with van der Waals surface area (Å²) >= 11 is 0. The number of imide groups is 1. The van der Waals surface area contributed by atoms with Gasteiger partial charge in [0.05, 0.1) is 11.8 Å². The Morgan fingerprint density at radius 3 is 2.21 bits per heavy atom. The number of nitrogens with one attached hydrogen (secondary N) is 1. The zero-order valence-electron chi connectivity index (χ0n) is 18.9. The number of carbonyl (C=O) groups excluding carboxylic acids is 3. The maximum atomic E-state index is 13.7. The molecular weight excluding hydrogens is 412 g/mol. The normalized spacial score (nSPS) is 31.9. The fourth-order valence-electron chi connectivity index (χ4n) is 6.53. The summed E-state index contributed by atoms with van der Waals surface area (Å²) < 4.78 is 0. The average molecular weight is 441 g/mol. The summed E-state index contributed by atoms with van der Waals surface area (Å²) in [7, 11) is 0. The highest BCUT2D eigenvalue weighted by Crippen LogP contribution is 2.65. The highest BCUT2D eigenvalue weighted by atomic mass is 16.2. The first-order valence-corrected chi connectivity index (χ1v) is 11.9. The Morgan fingerprint density at radius 1 is 0.939 bits per heavy atom. The van der Waals surface area contributed by atoms with E-state index in [1.165, 1.54) is 4.90 Å². The predicted octanol–water partition coefficient (Wildman–Crippen LogP) is 3.91. The molecule has 7 rings (SSSR count). The summed E-state index contributed by atoms with van der Waals surface area (Å²) in [4.78, 5) is 42.4. The molecule has 4 aliphatic carbocycles. The third kappa shape index (κ3) is 3.09. The van der Waals surface area contributed by atoms with Gasteiger partial charge >= 0.3 is 0 Å². The second-order valence-electron chi connectivity index (χ2n) is 10.1. The van der Waals surface area contributed by atoms with Gasteiger partial charge in [0.25, 0.3) is 0 Å². The monoisotopic (exact) mass is 440 g/mol. The van der Waals surface area contributed by atoms with E-state index in [0.29, 0.717) is 18.3 Å². The molecule has 0 radical (unpaired) electrons. The summed E-state index contributed by atoms with van der Waals surface area (Å²) in [5.74, 6) is 0.128. The number of anilines is 1. The molecule has 0 aromatic heterocycles. The SMILES string of the molecule is Cc1cccc(NC(=O)[C@H](Cc2ccccc2)N2C(=O)[C@@H]3[C@H]4C=C[C@@H]([C@@H]5C[C@@H]45)[C@@H]3C2=O)c1C. The van der Waals surface area contributed by atoms with Crippen LogP contribution in [0.4, 0.5) is 5.69 Å². The maximum Gasteiger partial charge on any atom is 0.248 e. The molecule has 5 aliphatic rings. The molecule has 1 saturated heterocycles. The third-order valence-electron chi connectivity index (χ3n) is 8.45. The van der Waals surface area contributed by atoms with E-state index in [4.69, 9.17) is 0 Å². The van der Waals surface area contributed by atoms with Gasteiger partial charge in [-0.3, -0.25) is 19.3 Å². The van der Waals surface area contributed by atoms with Crippen molar-refractivity contribution >= 4 is 23.4 Å². The van der Waals surface area contributed by atoms with E-state index in [-0.39, 0.29) is 41.4 Å². The van der Waals surface area contributed by atoms with Gasteiger partial charge in [-0.2, -0.15) is 0 Å². The van der Waals surface area contributed by atoms with E-state index in [9.17, 15) is 14.4 Å². The molecule has 2 saturated carbocycles. The number of aryl methyl sites for hydroxylation is 1. The number of benzene rings is 2. The molecule has 2 bridgehead atoms. The zero-order chi connectivity index (χ0) is 22.9. The van der Waals surface area contributed by atoms with Crippen LogP contribution in [-0.2, 0) is 20.8 Å². The minimum Gasteiger partial charge on any atom is -0.324 e. The van der Waals surface area contributed by atoms with Gasteiger partial charge in [0.15, 0.2) is 0 Å². The topological polar surface area (TPSA) is 66.5 Å². The van der Waals surface area contributed by atoms with E-state index in [2.05, 4.69) is 17.5 Å². The molecule has 1 heterocycles. The number of hydrogen-bond donors (Lipinski definition) is 1. The van der Waals surface area contributed by atoms with Crippen LogP contribution >= 0.6 is 0 Å². The number of carbonyl (C=O) groups is 3. The Bertz CT molecular complexity index is 1150. The molecule has 1 N–H and O–H groups in total. The lowest BCUT2D eigenvalue weighted by Gasteiger charge is -2.37. The van der Waals surface area contributed by atoms with Crippen molar-refractivity contribution in [3.8, 4) is 0 Å². The van der Waals surface area contributed by atoms with Crippen molar-refractivity contribution in [2.45, 2.75) is 32.7 Å². The number of likely N-dealkylation sites (tertiary alicyclic amines) is 1. The lowest BCUT2D eigenvalue weighted by atomic mass is 9.63. The van der Waals surface area contributed by atoms with E-state index in [1.54, 1.807) is 0 Å². The van der Waals surface area contributed by atoms with Crippen molar-refractivity contribution in [2.75, 3.05) is 5.32 Å². The standard InChI is InChI=1S/C28H28N2O3/c1-15-7-6-10-22(16(15)2)29-26(31)23(13-17-8-4-3-5-9-17)30-27(32)24-18-11-12-19(21-14-20(18)21)25(24)28(30)33/h3-12,18-21,23-25H,13-14H2,1-2H3,(H,29,31)/t18-,19-,20-,21-,23-,24-,25+/m0/s1. The molecule has 2 aromatic carbocycles. The molecule has 0 unspecified atom stereocenters. The molecule has 7 atom stereocenters. The summed E-state index contributed by atoms with van der Waals surface area (Å²) in [6.07, 6.45) is 5.76. The Morgan fingerprint density at radius 2 is 1.58 bits per heavy atom. The van der Waals surface area contributed by atoms with Gasteiger partial charge in [-0.15, -0.1) is 0 Å². The van der Waals surface area contributed by atoms with Gasteiger partial charge in [0, 0.05) is 12.1 Å². The van der Waals surface area contributed by atoms with Crippen molar-refractivity contribution in [1.82, 2.24) is 4.90 Å². The van der Waals surface area contributed by atoms with E-state index < -0.39 is 6.04 Å². The van der Waals surface area contributed by atoms with Gasteiger partial charge in [-0.25, -0.2) is 0 Å². The molecule has 0 spiro atoms. The molecular formula is C28H28N2O3.